The molecule has 132 valence electrons. The molecule has 1 amide bonds. The fourth-order valence-corrected chi connectivity index (χ4v) is 2.44. The second kappa shape index (κ2) is 7.95. The van der Waals surface area contributed by atoms with Gasteiger partial charge >= 0.3 is 0 Å². The van der Waals surface area contributed by atoms with Crippen LogP contribution in [0, 0.1) is 11.3 Å². The number of rotatable bonds is 6. The molecule has 0 aliphatic rings. The summed E-state index contributed by atoms with van der Waals surface area (Å²) in [6.07, 6.45) is 1.59. The highest BCUT2D eigenvalue weighted by Gasteiger charge is 2.14. The lowest BCUT2D eigenvalue weighted by Crippen LogP contribution is -2.11. The molecular weight excluding hydrogens is 379 g/mol. The third-order valence-corrected chi connectivity index (χ3v) is 4.09. The Morgan fingerprint density at radius 1 is 1.31 bits per heavy atom. The van der Waals surface area contributed by atoms with Crippen molar-refractivity contribution in [3.8, 4) is 11.8 Å². The summed E-state index contributed by atoms with van der Waals surface area (Å²) >= 11 is 12.0. The maximum atomic E-state index is 12.2. The minimum absolute atomic E-state index is 0.0874. The molecule has 0 atom stereocenters. The standard InChI is InChI=1S/C17H12Cl2N4O3/c18-12-2-1-3-13(16(12)19)25-10-11-4-5-14(26-11)17(24)21-15-6-8-23(22-15)9-7-20/h1-6,8H,9-10H2,(H,21,22,24). The number of nitriles is 1. The second-order valence-corrected chi connectivity index (χ2v) is 5.90. The Labute approximate surface area is 158 Å². The Balaban J connectivity index is 1.60. The maximum absolute atomic E-state index is 12.2. The van der Waals surface area contributed by atoms with Crippen LogP contribution in [0.4, 0.5) is 5.82 Å². The first-order chi connectivity index (χ1) is 12.6. The van der Waals surface area contributed by atoms with E-state index in [9.17, 15) is 4.79 Å². The van der Waals surface area contributed by atoms with Gasteiger partial charge in [0.15, 0.2) is 11.6 Å². The van der Waals surface area contributed by atoms with Crippen LogP contribution in [0.3, 0.4) is 0 Å². The zero-order valence-electron chi connectivity index (χ0n) is 13.3. The van der Waals surface area contributed by atoms with Gasteiger partial charge in [-0.2, -0.15) is 10.4 Å². The summed E-state index contributed by atoms with van der Waals surface area (Å²) in [6.45, 7) is 0.189. The predicted octanol–water partition coefficient (Wildman–Crippen LogP) is 4.14. The van der Waals surface area contributed by atoms with E-state index in [0.717, 1.165) is 0 Å². The lowest BCUT2D eigenvalue weighted by molar-refractivity contribution is 0.0992. The van der Waals surface area contributed by atoms with Crippen LogP contribution in [-0.4, -0.2) is 15.7 Å². The summed E-state index contributed by atoms with van der Waals surface area (Å²) in [7, 11) is 0. The molecule has 3 rings (SSSR count). The van der Waals surface area contributed by atoms with Gasteiger partial charge < -0.3 is 14.5 Å². The van der Waals surface area contributed by atoms with Gasteiger partial charge in [-0.25, -0.2) is 0 Å². The van der Waals surface area contributed by atoms with Crippen molar-refractivity contribution in [3.05, 3.63) is 64.2 Å². The monoisotopic (exact) mass is 390 g/mol. The SMILES string of the molecule is N#CCn1ccc(NC(=O)c2ccc(COc3cccc(Cl)c3Cl)o2)n1. The fraction of sp³-hybridized carbons (Fsp3) is 0.118. The van der Waals surface area contributed by atoms with E-state index in [1.165, 1.54) is 10.7 Å². The van der Waals surface area contributed by atoms with Crippen LogP contribution < -0.4 is 10.1 Å². The Kier molecular flexibility index (Phi) is 5.46. The number of carbonyl (C=O) groups is 1. The van der Waals surface area contributed by atoms with Crippen LogP contribution in [0.5, 0.6) is 5.75 Å². The van der Waals surface area contributed by atoms with E-state index in [0.29, 0.717) is 27.4 Å². The number of nitrogens with one attached hydrogen (secondary N) is 1. The third-order valence-electron chi connectivity index (χ3n) is 3.29. The van der Waals surface area contributed by atoms with Gasteiger partial charge in [-0.1, -0.05) is 29.3 Å². The van der Waals surface area contributed by atoms with Crippen molar-refractivity contribution in [1.29, 1.82) is 5.26 Å². The van der Waals surface area contributed by atoms with Crippen molar-refractivity contribution in [3.63, 3.8) is 0 Å². The van der Waals surface area contributed by atoms with Gasteiger partial charge in [-0.15, -0.1) is 0 Å². The number of nitrogens with zero attached hydrogens (tertiary/aromatic N) is 3. The normalized spacial score (nSPS) is 10.3. The fourth-order valence-electron chi connectivity index (χ4n) is 2.09. The average molecular weight is 391 g/mol. The molecule has 0 unspecified atom stereocenters. The molecule has 0 fully saturated rings. The zero-order chi connectivity index (χ0) is 18.5. The number of furan rings is 1. The molecule has 0 bridgehead atoms. The Bertz CT molecular complexity index is 975. The molecule has 0 saturated carbocycles. The molecule has 0 aliphatic heterocycles. The molecule has 0 spiro atoms. The maximum Gasteiger partial charge on any atom is 0.292 e. The Morgan fingerprint density at radius 2 is 2.15 bits per heavy atom. The molecule has 3 aromatic rings. The highest BCUT2D eigenvalue weighted by molar-refractivity contribution is 6.42. The predicted molar refractivity (Wildman–Crippen MR) is 95.3 cm³/mol. The van der Waals surface area contributed by atoms with Crippen molar-refractivity contribution in [2.24, 2.45) is 0 Å². The summed E-state index contributed by atoms with van der Waals surface area (Å²) in [5.74, 6) is 0.839. The van der Waals surface area contributed by atoms with Gasteiger partial charge in [-0.3, -0.25) is 9.48 Å². The molecule has 9 heteroatoms. The van der Waals surface area contributed by atoms with Crippen LogP contribution in [0.1, 0.15) is 16.3 Å². The molecule has 26 heavy (non-hydrogen) atoms. The number of anilines is 1. The highest BCUT2D eigenvalue weighted by Crippen LogP contribution is 2.32. The second-order valence-electron chi connectivity index (χ2n) is 5.12. The number of hydrogen-bond acceptors (Lipinski definition) is 5. The summed E-state index contributed by atoms with van der Waals surface area (Å²) in [4.78, 5) is 12.2. The molecule has 2 heterocycles. The lowest BCUT2D eigenvalue weighted by Gasteiger charge is -2.07. The minimum Gasteiger partial charge on any atom is -0.484 e. The van der Waals surface area contributed by atoms with E-state index in [1.807, 2.05) is 6.07 Å². The number of aromatic nitrogens is 2. The largest absolute Gasteiger partial charge is 0.484 e. The minimum atomic E-state index is -0.459. The van der Waals surface area contributed by atoms with Crippen LogP contribution in [0.25, 0.3) is 0 Å². The van der Waals surface area contributed by atoms with E-state index in [4.69, 9.17) is 37.6 Å². The first kappa shape index (κ1) is 17.9. The van der Waals surface area contributed by atoms with Gasteiger partial charge in [0, 0.05) is 12.3 Å². The Morgan fingerprint density at radius 3 is 2.96 bits per heavy atom. The van der Waals surface area contributed by atoms with Crippen LogP contribution in [0.15, 0.2) is 47.0 Å². The first-order valence-electron chi connectivity index (χ1n) is 7.44. The molecule has 0 radical (unpaired) electrons. The zero-order valence-corrected chi connectivity index (χ0v) is 14.8. The number of carbonyl (C=O) groups excluding carboxylic acids is 1. The van der Waals surface area contributed by atoms with Crippen LogP contribution >= 0.6 is 23.2 Å². The third kappa shape index (κ3) is 4.17. The summed E-state index contributed by atoms with van der Waals surface area (Å²) < 4.78 is 12.4. The van der Waals surface area contributed by atoms with Crippen molar-refractivity contribution in [2.75, 3.05) is 5.32 Å². The van der Waals surface area contributed by atoms with Gasteiger partial charge in [0.1, 0.15) is 29.7 Å². The Hall–Kier alpha value is -2.95. The van der Waals surface area contributed by atoms with E-state index in [2.05, 4.69) is 10.4 Å². The van der Waals surface area contributed by atoms with E-state index in [1.54, 1.807) is 36.5 Å². The molecule has 7 nitrogen and oxygen atoms in total. The molecule has 0 aliphatic carbocycles. The molecular formula is C17H12Cl2N4O3. The summed E-state index contributed by atoms with van der Waals surface area (Å²) in [5.41, 5.74) is 0. The van der Waals surface area contributed by atoms with Crippen molar-refractivity contribution < 1.29 is 13.9 Å². The number of amides is 1. The highest BCUT2D eigenvalue weighted by atomic mass is 35.5. The lowest BCUT2D eigenvalue weighted by atomic mass is 10.3. The van der Waals surface area contributed by atoms with Crippen LogP contribution in [0.2, 0.25) is 10.0 Å². The number of hydrogen-bond donors (Lipinski definition) is 1. The molecule has 0 saturated heterocycles. The van der Waals surface area contributed by atoms with Gasteiger partial charge in [0.05, 0.1) is 11.1 Å². The average Bonchev–Trinajstić information content (AvgIpc) is 3.26. The molecule has 1 aromatic carbocycles. The van der Waals surface area contributed by atoms with Gasteiger partial charge in [-0.05, 0) is 24.3 Å². The number of halogens is 2. The van der Waals surface area contributed by atoms with E-state index in [-0.39, 0.29) is 18.9 Å². The molecule has 1 N–H and O–H groups in total. The number of ether oxygens (including phenoxy) is 1. The van der Waals surface area contributed by atoms with Crippen molar-refractivity contribution >= 4 is 34.9 Å². The van der Waals surface area contributed by atoms with Crippen molar-refractivity contribution in [2.45, 2.75) is 13.2 Å². The van der Waals surface area contributed by atoms with E-state index >= 15 is 0 Å². The quantitative estimate of drug-likeness (QED) is 0.682. The number of benzene rings is 1. The van der Waals surface area contributed by atoms with E-state index < -0.39 is 5.91 Å². The first-order valence-corrected chi connectivity index (χ1v) is 8.19. The van der Waals surface area contributed by atoms with Crippen molar-refractivity contribution in [1.82, 2.24) is 9.78 Å². The topological polar surface area (TPSA) is 93.1 Å². The smallest absolute Gasteiger partial charge is 0.292 e. The summed E-state index contributed by atoms with van der Waals surface area (Å²) in [5, 5.41) is 15.9. The van der Waals surface area contributed by atoms with Crippen LogP contribution in [-0.2, 0) is 13.2 Å². The molecule has 2 aromatic heterocycles. The van der Waals surface area contributed by atoms with Gasteiger partial charge in [0.25, 0.3) is 5.91 Å². The summed E-state index contributed by atoms with van der Waals surface area (Å²) in [6, 6.07) is 11.8. The van der Waals surface area contributed by atoms with Gasteiger partial charge in [0.2, 0.25) is 0 Å².